The van der Waals surface area contributed by atoms with Crippen molar-refractivity contribution in [2.24, 2.45) is 4.52 Å². The Kier molecular flexibility index (Phi) is 3.13. The summed E-state index contributed by atoms with van der Waals surface area (Å²) in [5, 5.41) is 4.29. The van der Waals surface area contributed by atoms with Gasteiger partial charge in [-0.3, -0.25) is 0 Å². The number of nitrogens with zero attached hydrogens (tertiary/aromatic N) is 2. The van der Waals surface area contributed by atoms with Gasteiger partial charge >= 0.3 is 209 Å². The van der Waals surface area contributed by atoms with Gasteiger partial charge in [-0.05, 0) is 0 Å². The molecule has 5 aromatic rings. The summed E-state index contributed by atoms with van der Waals surface area (Å²) in [7, 11) is 2.40. The summed E-state index contributed by atoms with van der Waals surface area (Å²) in [6.45, 7) is 5.53. The van der Waals surface area contributed by atoms with Crippen LogP contribution < -0.4 is 21.7 Å². The zero-order valence-electron chi connectivity index (χ0n) is 19.0. The van der Waals surface area contributed by atoms with Crippen LogP contribution in [0.15, 0.2) is 95.5 Å². The predicted molar refractivity (Wildman–Crippen MR) is 162 cm³/mol. The topological polar surface area (TPSA) is 17.3 Å². The normalized spacial score (nSPS) is 21.5. The fourth-order valence-corrected chi connectivity index (χ4v) is 16.4. The number of fused-ring (bicyclic) bond motifs is 7. The second-order valence-electron chi connectivity index (χ2n) is 10.9. The van der Waals surface area contributed by atoms with Crippen LogP contribution in [0.1, 0.15) is 0 Å². The van der Waals surface area contributed by atoms with Gasteiger partial charge < -0.3 is 0 Å². The molecular formula is C24H15B7N2P2-. The third-order valence-electron chi connectivity index (χ3n) is 9.09. The molecule has 35 heavy (non-hydrogen) atoms. The van der Waals surface area contributed by atoms with Crippen molar-refractivity contribution in [3.8, 4) is 5.69 Å². The van der Waals surface area contributed by atoms with E-state index in [0.29, 0.717) is 6.21 Å². The van der Waals surface area contributed by atoms with Gasteiger partial charge in [0.1, 0.15) is 0 Å². The molecule has 0 spiro atoms. The predicted octanol–water partition coefficient (Wildman–Crippen LogP) is 2.41. The molecule has 5 aliphatic heterocycles. The summed E-state index contributed by atoms with van der Waals surface area (Å²) < 4.78 is 8.35. The molecule has 4 aromatic carbocycles. The Morgan fingerprint density at radius 3 is 2.34 bits per heavy atom. The molecule has 2 nitrogen and oxygen atoms in total. The van der Waals surface area contributed by atoms with E-state index in [4.69, 9.17) is 4.52 Å². The minimum absolute atomic E-state index is 0.103. The van der Waals surface area contributed by atoms with Crippen LogP contribution in [0.25, 0.3) is 27.5 Å². The quantitative estimate of drug-likeness (QED) is 0.280. The molecule has 6 heterocycles. The van der Waals surface area contributed by atoms with Crippen LogP contribution in [0.2, 0.25) is 0 Å². The van der Waals surface area contributed by atoms with E-state index in [0.717, 1.165) is 12.4 Å². The number of hydrogen-bond acceptors (Lipinski definition) is 1. The zero-order valence-corrected chi connectivity index (χ0v) is 20.8. The van der Waals surface area contributed by atoms with E-state index in [9.17, 15) is 0 Å². The molecule has 11 heteroatoms. The van der Waals surface area contributed by atoms with Gasteiger partial charge in [-0.2, -0.15) is 0 Å². The molecule has 0 aliphatic carbocycles. The third-order valence-corrected chi connectivity index (χ3v) is 17.6. The molecule has 5 aliphatic rings. The SMILES string of the molecule is [B]1B2[B-]P12(N=[P+]1B2[B-]B21)c1ccc2c3ccccc3n3c2c1B(c1ccccc1)c1ccccc1-3. The van der Waals surface area contributed by atoms with Gasteiger partial charge in [0, 0.05) is 0 Å². The van der Waals surface area contributed by atoms with Crippen LogP contribution in [-0.4, -0.2) is 50.8 Å². The average molecular weight is 469 g/mol. The number of hydrogen-bond donors (Lipinski definition) is 0. The first kappa shape index (κ1) is 18.9. The van der Waals surface area contributed by atoms with Crippen LogP contribution in [0.4, 0.5) is 0 Å². The second-order valence-corrected chi connectivity index (χ2v) is 17.8. The molecule has 1 aromatic heterocycles. The summed E-state index contributed by atoms with van der Waals surface area (Å²) in [6.07, 6.45) is 0.0213. The van der Waals surface area contributed by atoms with Crippen molar-refractivity contribution < 1.29 is 0 Å². The van der Waals surface area contributed by atoms with Crippen molar-refractivity contribution in [2.45, 2.75) is 0 Å². The third kappa shape index (κ3) is 2.12. The summed E-state index contributed by atoms with van der Waals surface area (Å²) in [6, 6.07) is 34.1. The fourth-order valence-electron chi connectivity index (χ4n) is 6.97. The van der Waals surface area contributed by atoms with Gasteiger partial charge in [0.2, 0.25) is 0 Å². The molecule has 4 saturated heterocycles. The summed E-state index contributed by atoms with van der Waals surface area (Å²) in [5.74, 6) is 0. The van der Waals surface area contributed by atoms with Gasteiger partial charge in [-0.25, -0.2) is 0 Å². The van der Waals surface area contributed by atoms with Gasteiger partial charge in [-0.1, -0.05) is 0 Å². The molecular weight excluding hydrogens is 454 g/mol. The summed E-state index contributed by atoms with van der Waals surface area (Å²) in [5.41, 5.74) is 8.35. The molecule has 0 saturated carbocycles. The van der Waals surface area contributed by atoms with E-state index in [2.05, 4.69) is 116 Å². The Morgan fingerprint density at radius 1 is 0.829 bits per heavy atom. The van der Waals surface area contributed by atoms with E-state index in [-0.39, 0.29) is 14.2 Å². The van der Waals surface area contributed by atoms with Crippen LogP contribution in [0, 0.1) is 0 Å². The Morgan fingerprint density at radius 2 is 1.57 bits per heavy atom. The first-order valence-electron chi connectivity index (χ1n) is 12.6. The minimum atomic E-state index is -2.32. The Labute approximate surface area is 208 Å². The summed E-state index contributed by atoms with van der Waals surface area (Å²) in [4.78, 5) is 0. The molecule has 0 amide bonds. The molecule has 10 rings (SSSR count). The molecule has 5 radical (unpaired) electrons. The number of para-hydroxylation sites is 2. The van der Waals surface area contributed by atoms with Crippen molar-refractivity contribution in [2.75, 3.05) is 0 Å². The zero-order chi connectivity index (χ0) is 22.5. The van der Waals surface area contributed by atoms with Crippen LogP contribution in [0.5, 0.6) is 0 Å². The van der Waals surface area contributed by atoms with Gasteiger partial charge in [0.25, 0.3) is 0 Å². The monoisotopic (exact) mass is 470 g/mol. The van der Waals surface area contributed by atoms with Crippen molar-refractivity contribution in [1.82, 2.24) is 4.57 Å². The van der Waals surface area contributed by atoms with Crippen LogP contribution >= 0.6 is 13.9 Å². The van der Waals surface area contributed by atoms with Crippen LogP contribution in [-0.2, 0) is 0 Å². The van der Waals surface area contributed by atoms with Crippen molar-refractivity contribution in [3.05, 3.63) is 91.0 Å². The van der Waals surface area contributed by atoms with Gasteiger partial charge in [0.15, 0.2) is 0 Å². The molecule has 0 unspecified atom stereocenters. The molecule has 0 bridgehead atoms. The van der Waals surface area contributed by atoms with Crippen LogP contribution in [0.3, 0.4) is 0 Å². The Balaban J connectivity index is 1.39. The van der Waals surface area contributed by atoms with Crippen molar-refractivity contribution in [1.29, 1.82) is 0 Å². The standard InChI is InChI=1S/C24H15B7N2P2/c1-2-8-16(9-3-1)28-19-11-5-7-13-21(19)33-20-12-6-4-10-17(20)18-14-15-22(23(28)24(18)33)35(26-29(35)27-35)32-34-30-25-31(30)34/h1-15H/q-1. The number of aromatic nitrogens is 1. The summed E-state index contributed by atoms with van der Waals surface area (Å²) >= 11 is 0. The van der Waals surface area contributed by atoms with E-state index in [1.165, 1.54) is 43.9 Å². The van der Waals surface area contributed by atoms with Gasteiger partial charge in [-0.15, -0.1) is 0 Å². The number of rotatable bonds is 3. The average Bonchev–Trinajstić information content (AvgIpc) is 3.80. The molecule has 0 N–H and O–H groups in total. The maximum atomic E-state index is 5.79. The molecule has 4 fully saturated rings. The first-order chi connectivity index (χ1) is 17.3. The van der Waals surface area contributed by atoms with E-state index in [1.54, 1.807) is 5.30 Å². The fraction of sp³-hybridized carbons (Fsp3) is 0. The van der Waals surface area contributed by atoms with E-state index in [1.807, 2.05) is 0 Å². The van der Waals surface area contributed by atoms with Crippen molar-refractivity contribution in [3.63, 3.8) is 0 Å². The Bertz CT molecular complexity index is 1840. The first-order valence-corrected chi connectivity index (χ1v) is 16.4. The van der Waals surface area contributed by atoms with Gasteiger partial charge in [0.05, 0.1) is 0 Å². The molecule has 153 valence electrons. The van der Waals surface area contributed by atoms with E-state index >= 15 is 0 Å². The van der Waals surface area contributed by atoms with Crippen molar-refractivity contribution >= 4 is 104 Å². The van der Waals surface area contributed by atoms with E-state index < -0.39 is 6.39 Å². The Hall–Kier alpha value is -2.34. The second kappa shape index (κ2) is 5.80. The maximum absolute atomic E-state index is 5.79. The molecule has 0 atom stereocenters. The number of benzene rings is 4.